The van der Waals surface area contributed by atoms with E-state index >= 15 is 0 Å². The van der Waals surface area contributed by atoms with Gasteiger partial charge in [0.05, 0.1) is 6.07 Å². The molecule has 2 rings (SSSR count). The third-order valence-corrected chi connectivity index (χ3v) is 3.89. The van der Waals surface area contributed by atoms with Gasteiger partial charge in [-0.05, 0) is 30.5 Å². The molecule has 0 N–H and O–H groups in total. The fraction of sp³-hybridized carbons (Fsp3) is 0.500. The van der Waals surface area contributed by atoms with Crippen LogP contribution in [0.3, 0.4) is 0 Å². The molecular formula is C16H17F2NO. The third kappa shape index (κ3) is 3.41. The molecule has 0 aliphatic heterocycles. The van der Waals surface area contributed by atoms with Crippen molar-refractivity contribution in [3.05, 3.63) is 35.4 Å². The summed E-state index contributed by atoms with van der Waals surface area (Å²) in [7, 11) is 0. The zero-order valence-corrected chi connectivity index (χ0v) is 11.2. The fourth-order valence-electron chi connectivity index (χ4n) is 2.84. The van der Waals surface area contributed by atoms with Crippen molar-refractivity contribution >= 4 is 5.78 Å². The Morgan fingerprint density at radius 3 is 2.15 bits per heavy atom. The summed E-state index contributed by atoms with van der Waals surface area (Å²) in [6.45, 7) is 0. The number of carbonyl (C=O) groups is 1. The molecule has 1 fully saturated rings. The molecule has 1 aromatic rings. The largest absolute Gasteiger partial charge is 0.298 e. The molecule has 2 nitrogen and oxygen atoms in total. The van der Waals surface area contributed by atoms with Crippen LogP contribution in [0.5, 0.6) is 0 Å². The average Bonchev–Trinajstić information content (AvgIpc) is 2.67. The second-order valence-electron chi connectivity index (χ2n) is 5.36. The number of nitrogens with zero attached hydrogens (tertiary/aromatic N) is 1. The van der Waals surface area contributed by atoms with Crippen LogP contribution in [0.1, 0.15) is 50.0 Å². The van der Waals surface area contributed by atoms with Gasteiger partial charge in [0.1, 0.15) is 17.6 Å². The first-order chi connectivity index (χ1) is 9.61. The predicted octanol–water partition coefficient (Wildman–Crippen LogP) is 4.11. The predicted molar refractivity (Wildman–Crippen MR) is 70.9 cm³/mol. The van der Waals surface area contributed by atoms with Crippen molar-refractivity contribution < 1.29 is 13.6 Å². The number of Topliss-reactive ketones (excluding diaryl/α,β-unsaturated/α-hetero) is 1. The minimum atomic E-state index is -1.07. The number of hydrogen-bond donors (Lipinski definition) is 0. The number of ketones is 1. The van der Waals surface area contributed by atoms with E-state index in [1.165, 1.54) is 0 Å². The molecule has 20 heavy (non-hydrogen) atoms. The van der Waals surface area contributed by atoms with Gasteiger partial charge in [-0.25, -0.2) is 8.78 Å². The van der Waals surface area contributed by atoms with Gasteiger partial charge in [-0.2, -0.15) is 5.26 Å². The topological polar surface area (TPSA) is 40.9 Å². The van der Waals surface area contributed by atoms with Gasteiger partial charge in [-0.1, -0.05) is 25.7 Å². The number of hydrogen-bond acceptors (Lipinski definition) is 2. The Hall–Kier alpha value is -1.76. The van der Waals surface area contributed by atoms with Crippen LogP contribution < -0.4 is 0 Å². The average molecular weight is 277 g/mol. The summed E-state index contributed by atoms with van der Waals surface area (Å²) < 4.78 is 26.5. The van der Waals surface area contributed by atoms with Crippen molar-refractivity contribution in [1.82, 2.24) is 0 Å². The van der Waals surface area contributed by atoms with E-state index < -0.39 is 17.6 Å². The van der Waals surface area contributed by atoms with Gasteiger partial charge in [-0.15, -0.1) is 0 Å². The van der Waals surface area contributed by atoms with Crippen LogP contribution in [-0.2, 0) is 4.79 Å². The second-order valence-corrected chi connectivity index (χ2v) is 5.36. The lowest BCUT2D eigenvalue weighted by atomic mass is 9.84. The quantitative estimate of drug-likeness (QED) is 0.780. The normalized spacial score (nSPS) is 18.1. The lowest BCUT2D eigenvalue weighted by Gasteiger charge is -2.17. The van der Waals surface area contributed by atoms with Crippen molar-refractivity contribution in [2.75, 3.05) is 0 Å². The SMILES string of the molecule is N#CC(C(=O)C1CCCCCC1)c1cc(F)cc(F)c1. The summed E-state index contributed by atoms with van der Waals surface area (Å²) in [5, 5.41) is 9.22. The maximum atomic E-state index is 13.2. The molecule has 1 unspecified atom stereocenters. The van der Waals surface area contributed by atoms with Crippen LogP contribution in [0, 0.1) is 28.9 Å². The monoisotopic (exact) mass is 277 g/mol. The van der Waals surface area contributed by atoms with E-state index in [1.807, 2.05) is 6.07 Å². The van der Waals surface area contributed by atoms with Crippen LogP contribution in [0.4, 0.5) is 8.78 Å². The second kappa shape index (κ2) is 6.60. The Labute approximate surface area is 117 Å². The van der Waals surface area contributed by atoms with Crippen LogP contribution in [0.2, 0.25) is 0 Å². The molecule has 0 aromatic heterocycles. The van der Waals surface area contributed by atoms with Crippen molar-refractivity contribution in [2.45, 2.75) is 44.4 Å². The Kier molecular flexibility index (Phi) is 4.84. The number of halogens is 2. The maximum absolute atomic E-state index is 13.2. The van der Waals surface area contributed by atoms with Crippen LogP contribution in [0.15, 0.2) is 18.2 Å². The molecule has 1 saturated carbocycles. The van der Waals surface area contributed by atoms with E-state index in [2.05, 4.69) is 0 Å². The zero-order chi connectivity index (χ0) is 14.5. The molecule has 0 spiro atoms. The lowest BCUT2D eigenvalue weighted by Crippen LogP contribution is -2.21. The van der Waals surface area contributed by atoms with Gasteiger partial charge in [0, 0.05) is 12.0 Å². The lowest BCUT2D eigenvalue weighted by molar-refractivity contribution is -0.123. The highest BCUT2D eigenvalue weighted by Crippen LogP contribution is 2.29. The highest BCUT2D eigenvalue weighted by molar-refractivity contribution is 5.90. The summed E-state index contributed by atoms with van der Waals surface area (Å²) in [6, 6.07) is 4.80. The highest BCUT2D eigenvalue weighted by atomic mass is 19.1. The van der Waals surface area contributed by atoms with E-state index in [-0.39, 0.29) is 17.3 Å². The van der Waals surface area contributed by atoms with Gasteiger partial charge >= 0.3 is 0 Å². The Morgan fingerprint density at radius 1 is 1.10 bits per heavy atom. The minimum absolute atomic E-state index is 0.124. The molecule has 0 amide bonds. The fourth-order valence-corrected chi connectivity index (χ4v) is 2.84. The van der Waals surface area contributed by atoms with E-state index in [0.717, 1.165) is 56.7 Å². The maximum Gasteiger partial charge on any atom is 0.157 e. The third-order valence-electron chi connectivity index (χ3n) is 3.89. The van der Waals surface area contributed by atoms with Crippen LogP contribution in [-0.4, -0.2) is 5.78 Å². The molecule has 4 heteroatoms. The van der Waals surface area contributed by atoms with E-state index in [0.29, 0.717) is 0 Å². The zero-order valence-electron chi connectivity index (χ0n) is 11.2. The van der Waals surface area contributed by atoms with Gasteiger partial charge in [0.2, 0.25) is 0 Å². The Balaban J connectivity index is 2.22. The van der Waals surface area contributed by atoms with E-state index in [1.54, 1.807) is 0 Å². The van der Waals surface area contributed by atoms with Gasteiger partial charge < -0.3 is 0 Å². The minimum Gasteiger partial charge on any atom is -0.298 e. The number of benzene rings is 1. The summed E-state index contributed by atoms with van der Waals surface area (Å²) in [5.74, 6) is -2.93. The standard InChI is InChI=1S/C16H17F2NO/c17-13-7-12(8-14(18)9-13)15(10-19)16(20)11-5-3-1-2-4-6-11/h7-9,11,15H,1-6H2. The number of nitriles is 1. The first kappa shape index (κ1) is 14.6. The number of carbonyl (C=O) groups excluding carboxylic acids is 1. The molecule has 0 bridgehead atoms. The van der Waals surface area contributed by atoms with E-state index in [9.17, 15) is 18.8 Å². The molecule has 0 radical (unpaired) electrons. The summed E-state index contributed by atoms with van der Waals surface area (Å²) >= 11 is 0. The highest BCUT2D eigenvalue weighted by Gasteiger charge is 2.29. The molecule has 0 saturated heterocycles. The molecule has 0 heterocycles. The van der Waals surface area contributed by atoms with Crippen molar-refractivity contribution in [2.24, 2.45) is 5.92 Å². The summed E-state index contributed by atoms with van der Waals surface area (Å²) in [4.78, 5) is 12.4. The van der Waals surface area contributed by atoms with Crippen LogP contribution in [0.25, 0.3) is 0 Å². The van der Waals surface area contributed by atoms with Crippen molar-refractivity contribution in [1.29, 1.82) is 5.26 Å². The van der Waals surface area contributed by atoms with Crippen molar-refractivity contribution in [3.63, 3.8) is 0 Å². The first-order valence-electron chi connectivity index (χ1n) is 7.01. The number of rotatable bonds is 3. The summed E-state index contributed by atoms with van der Waals surface area (Å²) in [6.07, 6.45) is 5.72. The van der Waals surface area contributed by atoms with Gasteiger partial charge in [0.25, 0.3) is 0 Å². The van der Waals surface area contributed by atoms with Crippen molar-refractivity contribution in [3.8, 4) is 6.07 Å². The Morgan fingerprint density at radius 2 is 1.65 bits per heavy atom. The summed E-state index contributed by atoms with van der Waals surface area (Å²) in [5.41, 5.74) is 0.124. The molecule has 1 aliphatic rings. The Bertz CT molecular complexity index is 508. The van der Waals surface area contributed by atoms with Gasteiger partial charge in [0.15, 0.2) is 5.78 Å². The smallest absolute Gasteiger partial charge is 0.157 e. The first-order valence-corrected chi connectivity index (χ1v) is 7.01. The molecule has 1 aliphatic carbocycles. The van der Waals surface area contributed by atoms with Crippen LogP contribution >= 0.6 is 0 Å². The molecule has 1 atom stereocenters. The molecular weight excluding hydrogens is 260 g/mol. The van der Waals surface area contributed by atoms with E-state index in [4.69, 9.17) is 0 Å². The molecule has 1 aromatic carbocycles. The van der Waals surface area contributed by atoms with Gasteiger partial charge in [-0.3, -0.25) is 4.79 Å². The molecule has 106 valence electrons.